The number of hydrogen-bond acceptors (Lipinski definition) is 3. The van der Waals surface area contributed by atoms with Gasteiger partial charge < -0.3 is 10.2 Å². The zero-order chi connectivity index (χ0) is 16.5. The van der Waals surface area contributed by atoms with Crippen LogP contribution < -0.4 is 5.32 Å². The first kappa shape index (κ1) is 20.9. The molecule has 0 aliphatic carbocycles. The minimum Gasteiger partial charge on any atom is -0.316 e. The Bertz CT molecular complexity index is 247. The van der Waals surface area contributed by atoms with Crippen molar-refractivity contribution in [2.75, 3.05) is 46.8 Å². The van der Waals surface area contributed by atoms with Gasteiger partial charge in [0.1, 0.15) is 0 Å². The number of hydrogen-bond donors (Lipinski definition) is 1. The van der Waals surface area contributed by atoms with Crippen molar-refractivity contribution in [1.29, 1.82) is 0 Å². The predicted molar refractivity (Wildman–Crippen MR) is 96.0 cm³/mol. The summed E-state index contributed by atoms with van der Waals surface area (Å²) in [6.45, 7) is 19.7. The summed E-state index contributed by atoms with van der Waals surface area (Å²) < 4.78 is 0. The van der Waals surface area contributed by atoms with Gasteiger partial charge in [-0.2, -0.15) is 0 Å². The van der Waals surface area contributed by atoms with Crippen molar-refractivity contribution in [3.63, 3.8) is 0 Å². The van der Waals surface area contributed by atoms with Crippen LogP contribution in [0, 0.1) is 11.3 Å². The highest BCUT2D eigenvalue weighted by Crippen LogP contribution is 2.27. The van der Waals surface area contributed by atoms with E-state index >= 15 is 0 Å². The van der Waals surface area contributed by atoms with E-state index in [1.165, 1.54) is 19.4 Å². The van der Waals surface area contributed by atoms with E-state index in [0.717, 1.165) is 32.1 Å². The molecular formula is C18H41N3. The van der Waals surface area contributed by atoms with Crippen molar-refractivity contribution < 1.29 is 0 Å². The van der Waals surface area contributed by atoms with E-state index in [0.29, 0.717) is 11.5 Å². The van der Waals surface area contributed by atoms with Gasteiger partial charge in [0.05, 0.1) is 0 Å². The number of rotatable bonds is 12. The van der Waals surface area contributed by atoms with Crippen molar-refractivity contribution in [3.05, 3.63) is 0 Å². The second-order valence-corrected chi connectivity index (χ2v) is 7.41. The lowest BCUT2D eigenvalue weighted by Crippen LogP contribution is -2.49. The van der Waals surface area contributed by atoms with Crippen molar-refractivity contribution in [2.24, 2.45) is 11.3 Å². The Balaban J connectivity index is 4.68. The van der Waals surface area contributed by atoms with Crippen LogP contribution in [-0.4, -0.2) is 62.7 Å². The van der Waals surface area contributed by atoms with Gasteiger partial charge in [-0.25, -0.2) is 0 Å². The van der Waals surface area contributed by atoms with Gasteiger partial charge in [0.25, 0.3) is 0 Å². The van der Waals surface area contributed by atoms with Gasteiger partial charge in [0, 0.05) is 25.7 Å². The zero-order valence-electron chi connectivity index (χ0n) is 16.0. The lowest BCUT2D eigenvalue weighted by Gasteiger charge is -2.40. The van der Waals surface area contributed by atoms with Crippen LogP contribution in [0.3, 0.4) is 0 Å². The fourth-order valence-corrected chi connectivity index (χ4v) is 3.06. The molecule has 0 aliphatic heterocycles. The Labute approximate surface area is 134 Å². The third-order valence-electron chi connectivity index (χ3n) is 4.75. The van der Waals surface area contributed by atoms with Crippen molar-refractivity contribution in [2.45, 2.75) is 60.4 Å². The summed E-state index contributed by atoms with van der Waals surface area (Å²) >= 11 is 0. The van der Waals surface area contributed by atoms with Crippen molar-refractivity contribution in [1.82, 2.24) is 15.1 Å². The van der Waals surface area contributed by atoms with Gasteiger partial charge in [0.15, 0.2) is 0 Å². The summed E-state index contributed by atoms with van der Waals surface area (Å²) in [7, 11) is 4.34. The van der Waals surface area contributed by atoms with E-state index in [4.69, 9.17) is 0 Å². The first-order valence-corrected chi connectivity index (χ1v) is 8.89. The molecule has 0 saturated carbocycles. The molecule has 0 radical (unpaired) electrons. The normalized spacial score (nSPS) is 14.4. The molecule has 0 heterocycles. The molecule has 1 N–H and O–H groups in total. The van der Waals surface area contributed by atoms with E-state index < -0.39 is 0 Å². The van der Waals surface area contributed by atoms with Gasteiger partial charge in [-0.05, 0) is 58.3 Å². The standard InChI is InChI=1S/C18H41N3/c1-9-18(10-2,14-19-12-16(4)5)15-21(11-3)17(6)13-20(7)8/h16-17,19H,9-15H2,1-8H3. The van der Waals surface area contributed by atoms with E-state index in [2.05, 4.69) is 70.8 Å². The van der Waals surface area contributed by atoms with Crippen LogP contribution in [0.15, 0.2) is 0 Å². The SMILES string of the molecule is CCN(CC(CC)(CC)CNCC(C)C)C(C)CN(C)C. The highest BCUT2D eigenvalue weighted by Gasteiger charge is 2.29. The summed E-state index contributed by atoms with van der Waals surface area (Å²) in [6.07, 6.45) is 2.50. The molecule has 0 aliphatic rings. The minimum absolute atomic E-state index is 0.408. The topological polar surface area (TPSA) is 18.5 Å². The van der Waals surface area contributed by atoms with Crippen molar-refractivity contribution in [3.8, 4) is 0 Å². The Kier molecular flexibility index (Phi) is 10.5. The molecule has 0 amide bonds. The minimum atomic E-state index is 0.408. The average molecular weight is 300 g/mol. The first-order valence-electron chi connectivity index (χ1n) is 8.89. The molecular weight excluding hydrogens is 258 g/mol. The third-order valence-corrected chi connectivity index (χ3v) is 4.75. The molecule has 1 unspecified atom stereocenters. The number of nitrogens with zero attached hydrogens (tertiary/aromatic N) is 2. The highest BCUT2D eigenvalue weighted by molar-refractivity contribution is 4.85. The Hall–Kier alpha value is -0.120. The molecule has 1 atom stereocenters. The molecule has 0 rings (SSSR count). The third kappa shape index (κ3) is 8.18. The van der Waals surface area contributed by atoms with E-state index in [-0.39, 0.29) is 0 Å². The molecule has 0 aromatic heterocycles. The first-order chi connectivity index (χ1) is 9.80. The average Bonchev–Trinajstić information content (AvgIpc) is 2.41. The molecule has 0 spiro atoms. The molecule has 0 saturated heterocycles. The lowest BCUT2D eigenvalue weighted by atomic mass is 9.81. The molecule has 3 nitrogen and oxygen atoms in total. The maximum absolute atomic E-state index is 3.70. The van der Waals surface area contributed by atoms with Gasteiger partial charge in [-0.15, -0.1) is 0 Å². The molecule has 0 fully saturated rings. The van der Waals surface area contributed by atoms with E-state index in [1.807, 2.05) is 0 Å². The van der Waals surface area contributed by atoms with Gasteiger partial charge in [0.2, 0.25) is 0 Å². The quantitative estimate of drug-likeness (QED) is 0.596. The lowest BCUT2D eigenvalue weighted by molar-refractivity contribution is 0.0956. The monoisotopic (exact) mass is 299 g/mol. The highest BCUT2D eigenvalue weighted by atomic mass is 15.2. The van der Waals surface area contributed by atoms with Gasteiger partial charge >= 0.3 is 0 Å². The van der Waals surface area contributed by atoms with Crippen LogP contribution in [-0.2, 0) is 0 Å². The van der Waals surface area contributed by atoms with Crippen molar-refractivity contribution >= 4 is 0 Å². The fourth-order valence-electron chi connectivity index (χ4n) is 3.06. The van der Waals surface area contributed by atoms with E-state index in [9.17, 15) is 0 Å². The summed E-state index contributed by atoms with van der Waals surface area (Å²) in [6, 6.07) is 0.618. The molecule has 0 aromatic carbocycles. The van der Waals surface area contributed by atoms with Crippen LogP contribution in [0.5, 0.6) is 0 Å². The second-order valence-electron chi connectivity index (χ2n) is 7.41. The summed E-state index contributed by atoms with van der Waals surface area (Å²) in [5, 5.41) is 3.70. The maximum atomic E-state index is 3.70. The van der Waals surface area contributed by atoms with Gasteiger partial charge in [-0.1, -0.05) is 34.6 Å². The molecule has 3 heteroatoms. The molecule has 0 bridgehead atoms. The summed E-state index contributed by atoms with van der Waals surface area (Å²) in [5.74, 6) is 0.728. The molecule has 128 valence electrons. The smallest absolute Gasteiger partial charge is 0.0194 e. The number of nitrogens with one attached hydrogen (secondary N) is 1. The Morgan fingerprint density at radius 3 is 1.95 bits per heavy atom. The van der Waals surface area contributed by atoms with Crippen LogP contribution in [0.1, 0.15) is 54.4 Å². The maximum Gasteiger partial charge on any atom is 0.0194 e. The fraction of sp³-hybridized carbons (Fsp3) is 1.00. The van der Waals surface area contributed by atoms with Crippen LogP contribution in [0.2, 0.25) is 0 Å². The number of likely N-dealkylation sites (N-methyl/N-ethyl adjacent to an activating group) is 2. The van der Waals surface area contributed by atoms with Crippen LogP contribution in [0.25, 0.3) is 0 Å². The molecule has 21 heavy (non-hydrogen) atoms. The Morgan fingerprint density at radius 1 is 1.00 bits per heavy atom. The van der Waals surface area contributed by atoms with Gasteiger partial charge in [-0.3, -0.25) is 4.90 Å². The summed E-state index contributed by atoms with van der Waals surface area (Å²) in [4.78, 5) is 4.95. The second kappa shape index (κ2) is 10.6. The van der Waals surface area contributed by atoms with Crippen LogP contribution in [0.4, 0.5) is 0 Å². The predicted octanol–water partition coefficient (Wildman–Crippen LogP) is 3.31. The van der Waals surface area contributed by atoms with Crippen LogP contribution >= 0.6 is 0 Å². The largest absolute Gasteiger partial charge is 0.316 e. The van der Waals surface area contributed by atoms with E-state index in [1.54, 1.807) is 0 Å². The zero-order valence-corrected chi connectivity index (χ0v) is 16.0. The Morgan fingerprint density at radius 2 is 1.57 bits per heavy atom. The summed E-state index contributed by atoms with van der Waals surface area (Å²) in [5.41, 5.74) is 0.408. The molecule has 0 aromatic rings.